The van der Waals surface area contributed by atoms with Crippen molar-refractivity contribution in [2.75, 3.05) is 23.9 Å². The highest BCUT2D eigenvalue weighted by molar-refractivity contribution is 7.09. The number of aryl methyl sites for hydroxylation is 1. The predicted molar refractivity (Wildman–Crippen MR) is 62.5 cm³/mol. The molecule has 3 nitrogen and oxygen atoms in total. The Morgan fingerprint density at radius 3 is 2.64 bits per heavy atom. The van der Waals surface area contributed by atoms with Crippen LogP contribution in [0.4, 0.5) is 5.13 Å². The Labute approximate surface area is 94.3 Å². The lowest BCUT2D eigenvalue weighted by atomic mass is 10.4. The lowest BCUT2D eigenvalue weighted by molar-refractivity contribution is 0.787. The van der Waals surface area contributed by atoms with Crippen molar-refractivity contribution >= 4 is 28.3 Å². The number of aromatic nitrogens is 2. The molecule has 0 unspecified atom stereocenters. The Kier molecular flexibility index (Phi) is 5.19. The Bertz CT molecular complexity index is 258. The molecule has 0 aliphatic carbocycles. The molecule has 1 aromatic heterocycles. The molecule has 0 N–H and O–H groups in total. The summed E-state index contributed by atoms with van der Waals surface area (Å²) in [6.07, 6.45) is 2.01. The SMILES string of the molecule is CCCN(CCCl)c1nc(CC)ns1. The minimum absolute atomic E-state index is 0.640. The zero-order valence-electron chi connectivity index (χ0n) is 8.66. The van der Waals surface area contributed by atoms with E-state index in [1.165, 1.54) is 11.5 Å². The van der Waals surface area contributed by atoms with Crippen molar-refractivity contribution in [1.82, 2.24) is 9.36 Å². The fourth-order valence-electron chi connectivity index (χ4n) is 1.19. The van der Waals surface area contributed by atoms with Gasteiger partial charge >= 0.3 is 0 Å². The number of hydrogen-bond donors (Lipinski definition) is 0. The third-order valence-corrected chi connectivity index (χ3v) is 2.88. The fraction of sp³-hybridized carbons (Fsp3) is 0.778. The van der Waals surface area contributed by atoms with Crippen LogP contribution in [0.5, 0.6) is 0 Å². The van der Waals surface area contributed by atoms with Gasteiger partial charge in [0.05, 0.1) is 0 Å². The minimum atomic E-state index is 0.640. The molecule has 80 valence electrons. The van der Waals surface area contributed by atoms with Gasteiger partial charge in [0.25, 0.3) is 0 Å². The van der Waals surface area contributed by atoms with Gasteiger partial charge in [0.2, 0.25) is 5.13 Å². The lowest BCUT2D eigenvalue weighted by Crippen LogP contribution is -2.26. The van der Waals surface area contributed by atoms with Crippen molar-refractivity contribution in [2.45, 2.75) is 26.7 Å². The summed E-state index contributed by atoms with van der Waals surface area (Å²) in [4.78, 5) is 6.64. The van der Waals surface area contributed by atoms with E-state index >= 15 is 0 Å². The van der Waals surface area contributed by atoms with Crippen LogP contribution in [0.25, 0.3) is 0 Å². The largest absolute Gasteiger partial charge is 0.346 e. The smallest absolute Gasteiger partial charge is 0.205 e. The molecule has 0 saturated heterocycles. The molecule has 5 heteroatoms. The van der Waals surface area contributed by atoms with Crippen molar-refractivity contribution in [3.8, 4) is 0 Å². The molecule has 0 atom stereocenters. The third-order valence-electron chi connectivity index (χ3n) is 1.89. The molecule has 0 aliphatic heterocycles. The van der Waals surface area contributed by atoms with E-state index in [-0.39, 0.29) is 0 Å². The molecular weight excluding hydrogens is 218 g/mol. The molecule has 0 aromatic carbocycles. The van der Waals surface area contributed by atoms with Crippen LogP contribution in [-0.4, -0.2) is 28.3 Å². The van der Waals surface area contributed by atoms with Gasteiger partial charge in [-0.2, -0.15) is 4.37 Å². The van der Waals surface area contributed by atoms with Crippen molar-refractivity contribution in [1.29, 1.82) is 0 Å². The van der Waals surface area contributed by atoms with Crippen LogP contribution in [0, 0.1) is 0 Å². The standard InChI is InChI=1S/C9H16ClN3S/c1-3-6-13(7-5-10)9-11-8(4-2)12-14-9/h3-7H2,1-2H3. The first-order valence-electron chi connectivity index (χ1n) is 4.95. The highest BCUT2D eigenvalue weighted by Crippen LogP contribution is 2.17. The second kappa shape index (κ2) is 6.19. The van der Waals surface area contributed by atoms with Crippen LogP contribution in [0.2, 0.25) is 0 Å². The Morgan fingerprint density at radius 2 is 2.14 bits per heavy atom. The van der Waals surface area contributed by atoms with Crippen LogP contribution >= 0.6 is 23.1 Å². The topological polar surface area (TPSA) is 29.0 Å². The quantitative estimate of drug-likeness (QED) is 0.708. The zero-order chi connectivity index (χ0) is 10.4. The van der Waals surface area contributed by atoms with Crippen molar-refractivity contribution in [3.05, 3.63) is 5.82 Å². The first-order chi connectivity index (χ1) is 6.81. The number of alkyl halides is 1. The third kappa shape index (κ3) is 3.10. The molecule has 0 spiro atoms. The zero-order valence-corrected chi connectivity index (χ0v) is 10.2. The molecule has 1 heterocycles. The van der Waals surface area contributed by atoms with Crippen LogP contribution < -0.4 is 4.90 Å². The number of anilines is 1. The Hall–Kier alpha value is -0.350. The van der Waals surface area contributed by atoms with Gasteiger partial charge in [-0.25, -0.2) is 4.98 Å². The molecule has 0 radical (unpaired) electrons. The van der Waals surface area contributed by atoms with Gasteiger partial charge in [-0.05, 0) is 6.42 Å². The van der Waals surface area contributed by atoms with Gasteiger partial charge in [0.15, 0.2) is 0 Å². The van der Waals surface area contributed by atoms with Crippen LogP contribution in [-0.2, 0) is 6.42 Å². The summed E-state index contributed by atoms with van der Waals surface area (Å²) < 4.78 is 4.27. The van der Waals surface area contributed by atoms with Crippen molar-refractivity contribution in [3.63, 3.8) is 0 Å². The van der Waals surface area contributed by atoms with Crippen LogP contribution in [0.3, 0.4) is 0 Å². The summed E-state index contributed by atoms with van der Waals surface area (Å²) in [5.41, 5.74) is 0. The number of hydrogen-bond acceptors (Lipinski definition) is 4. The molecule has 0 saturated carbocycles. The van der Waals surface area contributed by atoms with E-state index in [1.807, 2.05) is 0 Å². The first kappa shape index (κ1) is 11.7. The first-order valence-corrected chi connectivity index (χ1v) is 6.26. The molecule has 1 aromatic rings. The molecule has 0 bridgehead atoms. The van der Waals surface area contributed by atoms with Crippen molar-refractivity contribution < 1.29 is 0 Å². The van der Waals surface area contributed by atoms with Gasteiger partial charge in [-0.1, -0.05) is 13.8 Å². The maximum absolute atomic E-state index is 5.74. The van der Waals surface area contributed by atoms with Gasteiger partial charge in [0, 0.05) is 36.9 Å². The maximum atomic E-state index is 5.74. The minimum Gasteiger partial charge on any atom is -0.346 e. The van der Waals surface area contributed by atoms with E-state index in [4.69, 9.17) is 11.6 Å². The molecule has 0 amide bonds. The molecular formula is C9H16ClN3S. The van der Waals surface area contributed by atoms with Gasteiger partial charge in [-0.15, -0.1) is 11.6 Å². The van der Waals surface area contributed by atoms with E-state index in [0.717, 1.165) is 36.9 Å². The van der Waals surface area contributed by atoms with E-state index in [0.29, 0.717) is 5.88 Å². The monoisotopic (exact) mass is 233 g/mol. The van der Waals surface area contributed by atoms with Crippen LogP contribution in [0.1, 0.15) is 26.1 Å². The molecule has 14 heavy (non-hydrogen) atoms. The average Bonchev–Trinajstić information content (AvgIpc) is 2.65. The predicted octanol–water partition coefficient (Wildman–Crippen LogP) is 2.56. The summed E-state index contributed by atoms with van der Waals surface area (Å²) in [6, 6.07) is 0. The lowest BCUT2D eigenvalue weighted by Gasteiger charge is -2.18. The molecule has 1 rings (SSSR count). The van der Waals surface area contributed by atoms with Gasteiger partial charge < -0.3 is 4.90 Å². The second-order valence-electron chi connectivity index (χ2n) is 3.02. The Morgan fingerprint density at radius 1 is 1.36 bits per heavy atom. The van der Waals surface area contributed by atoms with E-state index < -0.39 is 0 Å². The fourth-order valence-corrected chi connectivity index (χ4v) is 2.20. The summed E-state index contributed by atoms with van der Waals surface area (Å²) in [5.74, 6) is 1.57. The summed E-state index contributed by atoms with van der Waals surface area (Å²) in [5, 5.41) is 1.00. The number of nitrogens with zero attached hydrogens (tertiary/aromatic N) is 3. The van der Waals surface area contributed by atoms with E-state index in [9.17, 15) is 0 Å². The maximum Gasteiger partial charge on any atom is 0.205 e. The van der Waals surface area contributed by atoms with Gasteiger partial charge in [-0.3, -0.25) is 0 Å². The molecule has 0 aliphatic rings. The normalized spacial score (nSPS) is 10.5. The van der Waals surface area contributed by atoms with E-state index in [1.54, 1.807) is 0 Å². The Balaban J connectivity index is 2.65. The van der Waals surface area contributed by atoms with E-state index in [2.05, 4.69) is 28.1 Å². The van der Waals surface area contributed by atoms with Crippen molar-refractivity contribution in [2.24, 2.45) is 0 Å². The highest BCUT2D eigenvalue weighted by atomic mass is 35.5. The highest BCUT2D eigenvalue weighted by Gasteiger charge is 2.09. The van der Waals surface area contributed by atoms with Crippen LogP contribution in [0.15, 0.2) is 0 Å². The van der Waals surface area contributed by atoms with Gasteiger partial charge in [0.1, 0.15) is 5.82 Å². The summed E-state index contributed by atoms with van der Waals surface area (Å²) in [7, 11) is 0. The average molecular weight is 234 g/mol. The summed E-state index contributed by atoms with van der Waals surface area (Å²) in [6.45, 7) is 6.08. The molecule has 0 fully saturated rings. The number of halogens is 1. The summed E-state index contributed by atoms with van der Waals surface area (Å²) >= 11 is 7.21. The number of rotatable bonds is 6. The second-order valence-corrected chi connectivity index (χ2v) is 4.13.